The van der Waals surface area contributed by atoms with E-state index in [1.54, 1.807) is 0 Å². The normalized spacial score (nSPS) is 33.8. The van der Waals surface area contributed by atoms with E-state index in [-0.39, 0.29) is 17.4 Å². The second-order valence-electron chi connectivity index (χ2n) is 5.35. The van der Waals surface area contributed by atoms with E-state index in [2.05, 4.69) is 4.36 Å². The minimum Gasteiger partial charge on any atom is -0.481 e. The van der Waals surface area contributed by atoms with Crippen LogP contribution in [-0.2, 0) is 24.1 Å². The van der Waals surface area contributed by atoms with Gasteiger partial charge in [0.2, 0.25) is 0 Å². The lowest BCUT2D eigenvalue weighted by molar-refractivity contribution is -0.145. The van der Waals surface area contributed by atoms with E-state index < -0.39 is 33.4 Å². The fraction of sp³-hybridized carbons (Fsp3) is 0.833. The number of hydrogen-bond acceptors (Lipinski definition) is 4. The van der Waals surface area contributed by atoms with Gasteiger partial charge >= 0.3 is 5.97 Å². The van der Waals surface area contributed by atoms with Crippen molar-refractivity contribution < 1.29 is 23.6 Å². The van der Waals surface area contributed by atoms with E-state index in [0.29, 0.717) is 26.1 Å². The molecule has 2 aliphatic rings. The highest BCUT2D eigenvalue weighted by molar-refractivity contribution is 7.93. The topological polar surface area (TPSA) is 93.0 Å². The molecule has 1 heterocycles. The van der Waals surface area contributed by atoms with Gasteiger partial charge in [-0.1, -0.05) is 6.92 Å². The summed E-state index contributed by atoms with van der Waals surface area (Å²) in [7, 11) is -2.54. The Morgan fingerprint density at radius 1 is 1.21 bits per heavy atom. The second kappa shape index (κ2) is 5.58. The van der Waals surface area contributed by atoms with Crippen molar-refractivity contribution in [3.63, 3.8) is 0 Å². The van der Waals surface area contributed by atoms with Gasteiger partial charge in [-0.05, 0) is 18.8 Å². The molecule has 7 heteroatoms. The highest BCUT2D eigenvalue weighted by Crippen LogP contribution is 2.37. The monoisotopic (exact) mass is 289 g/mol. The van der Waals surface area contributed by atoms with Gasteiger partial charge in [-0.15, -0.1) is 0 Å². The van der Waals surface area contributed by atoms with Gasteiger partial charge in [-0.3, -0.25) is 9.59 Å². The molecule has 0 aromatic carbocycles. The molecule has 0 radical (unpaired) electrons. The van der Waals surface area contributed by atoms with Crippen molar-refractivity contribution >= 4 is 21.6 Å². The summed E-state index contributed by atoms with van der Waals surface area (Å²) in [6.45, 7) is 2.62. The summed E-state index contributed by atoms with van der Waals surface area (Å²) in [5.74, 6) is -2.04. The first-order chi connectivity index (χ1) is 8.91. The third-order valence-corrected chi connectivity index (χ3v) is 5.90. The van der Waals surface area contributed by atoms with Gasteiger partial charge in [0.1, 0.15) is 0 Å². The maximum atomic E-state index is 12.3. The number of rotatable bonds is 2. The van der Waals surface area contributed by atoms with Crippen molar-refractivity contribution in [2.45, 2.75) is 19.8 Å². The third-order valence-electron chi connectivity index (χ3n) is 3.78. The number of carbonyl (C=O) groups excluding carboxylic acids is 1. The van der Waals surface area contributed by atoms with Gasteiger partial charge in [0.15, 0.2) is 0 Å². The summed E-state index contributed by atoms with van der Waals surface area (Å²) in [5.41, 5.74) is 0. The molecule has 3 unspecified atom stereocenters. The number of amides is 1. The van der Waals surface area contributed by atoms with Crippen molar-refractivity contribution in [2.24, 2.45) is 22.1 Å². The average Bonchev–Trinajstić information content (AvgIpc) is 2.72. The first-order valence-corrected chi connectivity index (χ1v) is 8.33. The third kappa shape index (κ3) is 3.33. The molecular weight excluding hydrogens is 270 g/mol. The molecule has 0 spiro atoms. The van der Waals surface area contributed by atoms with Crippen molar-refractivity contribution in [1.29, 1.82) is 0 Å². The van der Waals surface area contributed by atoms with Gasteiger partial charge in [-0.2, -0.15) is 4.36 Å². The van der Waals surface area contributed by atoms with E-state index in [0.717, 1.165) is 0 Å². The molecule has 1 saturated carbocycles. The van der Waals surface area contributed by atoms with Crippen molar-refractivity contribution in [3.05, 3.63) is 0 Å². The number of ether oxygens (including phenoxy) is 1. The Morgan fingerprint density at radius 2 is 1.79 bits per heavy atom. The Kier molecular flexibility index (Phi) is 4.25. The smallest absolute Gasteiger partial charge is 0.307 e. The van der Waals surface area contributed by atoms with Crippen molar-refractivity contribution in [1.82, 2.24) is 0 Å². The first kappa shape index (κ1) is 14.5. The number of nitrogens with zero attached hydrogens (tertiary/aromatic N) is 1. The maximum absolute atomic E-state index is 12.3. The standard InChI is InChI=1S/C12H19NO5S/c1-8-6-9(10(7-8)12(15)16)11(14)13-19(17)4-2-18-3-5-19/h8-10H,2-7H2,1H3,(H,15,16). The van der Waals surface area contributed by atoms with Crippen LogP contribution in [0.5, 0.6) is 0 Å². The lowest BCUT2D eigenvalue weighted by Gasteiger charge is -2.17. The lowest BCUT2D eigenvalue weighted by atomic mass is 9.96. The average molecular weight is 289 g/mol. The summed E-state index contributed by atoms with van der Waals surface area (Å²) in [6.07, 6.45) is 1.01. The van der Waals surface area contributed by atoms with Crippen LogP contribution in [0.1, 0.15) is 19.8 Å². The molecule has 19 heavy (non-hydrogen) atoms. The van der Waals surface area contributed by atoms with Gasteiger partial charge in [0, 0.05) is 0 Å². The van der Waals surface area contributed by atoms with Crippen LogP contribution in [-0.4, -0.2) is 45.9 Å². The molecular formula is C12H19NO5S. The Hall–Kier alpha value is -0.950. The zero-order valence-electron chi connectivity index (χ0n) is 10.9. The van der Waals surface area contributed by atoms with Crippen LogP contribution in [0, 0.1) is 17.8 Å². The van der Waals surface area contributed by atoms with E-state index in [1.165, 1.54) is 0 Å². The number of carboxylic acid groups (broad SMARTS) is 1. The summed E-state index contributed by atoms with van der Waals surface area (Å²) in [6, 6.07) is 0. The minimum absolute atomic E-state index is 0.192. The van der Waals surface area contributed by atoms with Crippen LogP contribution in [0.25, 0.3) is 0 Å². The molecule has 1 aliphatic carbocycles. The molecule has 1 amide bonds. The number of carboxylic acids is 1. The molecule has 1 aliphatic heterocycles. The fourth-order valence-electron chi connectivity index (χ4n) is 2.74. The molecule has 1 N–H and O–H groups in total. The zero-order chi connectivity index (χ0) is 14.0. The summed E-state index contributed by atoms with van der Waals surface area (Å²) >= 11 is 0. The SMILES string of the molecule is CC1CC(C(=O)O)C(C(=O)N=S2(=O)CCOCC2)C1. The zero-order valence-corrected chi connectivity index (χ0v) is 11.7. The molecule has 108 valence electrons. The van der Waals surface area contributed by atoms with Crippen LogP contribution >= 0.6 is 0 Å². The van der Waals surface area contributed by atoms with E-state index in [1.807, 2.05) is 6.92 Å². The van der Waals surface area contributed by atoms with Crippen LogP contribution in [0.15, 0.2) is 4.36 Å². The van der Waals surface area contributed by atoms with Gasteiger partial charge in [-0.25, -0.2) is 4.21 Å². The Morgan fingerprint density at radius 3 is 2.37 bits per heavy atom. The van der Waals surface area contributed by atoms with Gasteiger partial charge < -0.3 is 9.84 Å². The Balaban J connectivity index is 2.17. The molecule has 0 bridgehead atoms. The number of aliphatic carboxylic acids is 1. The highest BCUT2D eigenvalue weighted by Gasteiger charge is 2.41. The van der Waals surface area contributed by atoms with Crippen LogP contribution < -0.4 is 0 Å². The fourth-order valence-corrected chi connectivity index (χ4v) is 4.35. The van der Waals surface area contributed by atoms with E-state index >= 15 is 0 Å². The van der Waals surface area contributed by atoms with Crippen LogP contribution in [0.3, 0.4) is 0 Å². The molecule has 6 nitrogen and oxygen atoms in total. The van der Waals surface area contributed by atoms with Crippen molar-refractivity contribution in [3.8, 4) is 0 Å². The Bertz CT molecular complexity index is 482. The largest absolute Gasteiger partial charge is 0.481 e. The van der Waals surface area contributed by atoms with Gasteiger partial charge in [0.05, 0.1) is 46.3 Å². The quantitative estimate of drug-likeness (QED) is 0.810. The highest BCUT2D eigenvalue weighted by atomic mass is 32.2. The molecule has 2 fully saturated rings. The van der Waals surface area contributed by atoms with Crippen LogP contribution in [0.4, 0.5) is 0 Å². The maximum Gasteiger partial charge on any atom is 0.307 e. The van der Waals surface area contributed by atoms with Crippen LogP contribution in [0.2, 0.25) is 0 Å². The second-order valence-corrected chi connectivity index (χ2v) is 7.89. The lowest BCUT2D eigenvalue weighted by Crippen LogP contribution is -2.29. The number of carbonyl (C=O) groups is 2. The number of hydrogen-bond donors (Lipinski definition) is 1. The predicted molar refractivity (Wildman–Crippen MR) is 69.1 cm³/mol. The first-order valence-electron chi connectivity index (χ1n) is 6.48. The van der Waals surface area contributed by atoms with E-state index in [4.69, 9.17) is 9.84 Å². The summed E-state index contributed by atoms with van der Waals surface area (Å²) < 4.78 is 21.3. The van der Waals surface area contributed by atoms with Crippen molar-refractivity contribution in [2.75, 3.05) is 24.7 Å². The summed E-state index contributed by atoms with van der Waals surface area (Å²) in [4.78, 5) is 23.3. The molecule has 3 atom stereocenters. The van der Waals surface area contributed by atoms with E-state index in [9.17, 15) is 13.8 Å². The van der Waals surface area contributed by atoms with Gasteiger partial charge in [0.25, 0.3) is 5.91 Å². The predicted octanol–water partition coefficient (Wildman–Crippen LogP) is 0.758. The summed E-state index contributed by atoms with van der Waals surface area (Å²) in [5, 5.41) is 9.14. The molecule has 0 aromatic heterocycles. The minimum atomic E-state index is -2.54. The molecule has 2 rings (SSSR count). The molecule has 0 aromatic rings. The molecule has 1 saturated heterocycles. The Labute approximate surface area is 112 Å².